The van der Waals surface area contributed by atoms with Crippen molar-refractivity contribution in [2.24, 2.45) is 0 Å². The zero-order chi connectivity index (χ0) is 9.60. The van der Waals surface area contributed by atoms with Crippen LogP contribution in [-0.4, -0.2) is 6.54 Å². The quantitative estimate of drug-likeness (QED) is 0.688. The standard InChI is InChI=1S/C12H17NS/c1-9-10-4-7-14-11(10)12(8-13-9)5-2-3-6-12/h4,7,9,13H,2-3,5-6,8H2,1H3. The van der Waals surface area contributed by atoms with E-state index in [0.29, 0.717) is 11.5 Å². The van der Waals surface area contributed by atoms with Crippen molar-refractivity contribution < 1.29 is 0 Å². The molecule has 0 bridgehead atoms. The van der Waals surface area contributed by atoms with Crippen LogP contribution in [0.2, 0.25) is 0 Å². The minimum atomic E-state index is 0.524. The average Bonchev–Trinajstić information content (AvgIpc) is 2.82. The van der Waals surface area contributed by atoms with Crippen LogP contribution in [0.15, 0.2) is 11.4 Å². The first-order valence-corrected chi connectivity index (χ1v) is 6.51. The second-order valence-corrected chi connectivity index (χ2v) is 5.71. The van der Waals surface area contributed by atoms with E-state index in [0.717, 1.165) is 0 Å². The number of thiophene rings is 1. The molecule has 2 heterocycles. The number of hydrogen-bond acceptors (Lipinski definition) is 2. The highest BCUT2D eigenvalue weighted by molar-refractivity contribution is 7.10. The summed E-state index contributed by atoms with van der Waals surface area (Å²) in [6.45, 7) is 3.50. The molecule has 1 saturated carbocycles. The van der Waals surface area contributed by atoms with Crippen molar-refractivity contribution in [3.8, 4) is 0 Å². The summed E-state index contributed by atoms with van der Waals surface area (Å²) in [7, 11) is 0. The van der Waals surface area contributed by atoms with Gasteiger partial charge in [-0.1, -0.05) is 12.8 Å². The molecule has 1 aromatic rings. The number of fused-ring (bicyclic) bond motifs is 2. The zero-order valence-corrected chi connectivity index (χ0v) is 9.49. The van der Waals surface area contributed by atoms with Gasteiger partial charge in [0.05, 0.1) is 0 Å². The van der Waals surface area contributed by atoms with Gasteiger partial charge in [0, 0.05) is 22.9 Å². The minimum Gasteiger partial charge on any atom is -0.309 e. The van der Waals surface area contributed by atoms with Crippen molar-refractivity contribution >= 4 is 11.3 Å². The topological polar surface area (TPSA) is 12.0 Å². The summed E-state index contributed by atoms with van der Waals surface area (Å²) in [6, 6.07) is 2.89. The molecule has 1 atom stereocenters. The summed E-state index contributed by atoms with van der Waals surface area (Å²) in [4.78, 5) is 1.70. The zero-order valence-electron chi connectivity index (χ0n) is 8.68. The monoisotopic (exact) mass is 207 g/mol. The van der Waals surface area contributed by atoms with Gasteiger partial charge in [0.1, 0.15) is 0 Å². The lowest BCUT2D eigenvalue weighted by Gasteiger charge is -2.37. The molecule has 0 aromatic carbocycles. The fraction of sp³-hybridized carbons (Fsp3) is 0.667. The van der Waals surface area contributed by atoms with Crippen LogP contribution in [-0.2, 0) is 5.41 Å². The first-order chi connectivity index (χ1) is 6.82. The molecule has 1 aliphatic carbocycles. The molecule has 0 saturated heterocycles. The smallest absolute Gasteiger partial charge is 0.0303 e. The van der Waals surface area contributed by atoms with Crippen molar-refractivity contribution in [2.45, 2.75) is 44.1 Å². The van der Waals surface area contributed by atoms with Crippen LogP contribution < -0.4 is 5.32 Å². The first kappa shape index (κ1) is 8.93. The third-order valence-electron chi connectivity index (χ3n) is 3.95. The van der Waals surface area contributed by atoms with E-state index in [2.05, 4.69) is 23.7 Å². The van der Waals surface area contributed by atoms with Crippen LogP contribution in [0.3, 0.4) is 0 Å². The van der Waals surface area contributed by atoms with Crippen molar-refractivity contribution in [1.82, 2.24) is 5.32 Å². The van der Waals surface area contributed by atoms with Gasteiger partial charge in [-0.05, 0) is 36.8 Å². The Hall–Kier alpha value is -0.340. The molecule has 2 aliphatic rings. The second kappa shape index (κ2) is 3.07. The Morgan fingerprint density at radius 3 is 3.00 bits per heavy atom. The average molecular weight is 207 g/mol. The Morgan fingerprint density at radius 2 is 2.21 bits per heavy atom. The molecular formula is C12H17NS. The van der Waals surface area contributed by atoms with Crippen molar-refractivity contribution in [3.05, 3.63) is 21.9 Å². The second-order valence-electron chi connectivity index (χ2n) is 4.80. The van der Waals surface area contributed by atoms with Crippen molar-refractivity contribution in [1.29, 1.82) is 0 Å². The first-order valence-electron chi connectivity index (χ1n) is 5.63. The molecule has 1 N–H and O–H groups in total. The van der Waals surface area contributed by atoms with Crippen LogP contribution in [0.25, 0.3) is 0 Å². The predicted octanol–water partition coefficient (Wildman–Crippen LogP) is 3.22. The Balaban J connectivity index is 2.08. The van der Waals surface area contributed by atoms with Gasteiger partial charge in [0.2, 0.25) is 0 Å². The van der Waals surface area contributed by atoms with E-state index in [1.54, 1.807) is 10.4 Å². The maximum Gasteiger partial charge on any atom is 0.0303 e. The molecular weight excluding hydrogens is 190 g/mol. The molecule has 0 amide bonds. The lowest BCUT2D eigenvalue weighted by molar-refractivity contribution is 0.357. The van der Waals surface area contributed by atoms with Gasteiger partial charge in [-0.3, -0.25) is 0 Å². The van der Waals surface area contributed by atoms with Gasteiger partial charge >= 0.3 is 0 Å². The van der Waals surface area contributed by atoms with Gasteiger partial charge in [0.15, 0.2) is 0 Å². The summed E-state index contributed by atoms with van der Waals surface area (Å²) in [5, 5.41) is 5.94. The molecule has 2 heteroatoms. The fourth-order valence-electron chi connectivity index (χ4n) is 3.09. The third kappa shape index (κ3) is 1.10. The molecule has 1 spiro atoms. The Labute approximate surface area is 89.5 Å². The molecule has 1 aliphatic heterocycles. The maximum absolute atomic E-state index is 3.66. The molecule has 76 valence electrons. The van der Waals surface area contributed by atoms with E-state index in [1.807, 2.05) is 11.3 Å². The maximum atomic E-state index is 3.66. The molecule has 0 radical (unpaired) electrons. The molecule has 14 heavy (non-hydrogen) atoms. The highest BCUT2D eigenvalue weighted by Crippen LogP contribution is 2.48. The van der Waals surface area contributed by atoms with Gasteiger partial charge < -0.3 is 5.32 Å². The summed E-state index contributed by atoms with van der Waals surface area (Å²) in [5.74, 6) is 0. The highest BCUT2D eigenvalue weighted by atomic mass is 32.1. The fourth-order valence-corrected chi connectivity index (χ4v) is 4.34. The molecule has 1 fully saturated rings. The Morgan fingerprint density at radius 1 is 1.43 bits per heavy atom. The Kier molecular flexibility index (Phi) is 1.96. The van der Waals surface area contributed by atoms with E-state index >= 15 is 0 Å². The summed E-state index contributed by atoms with van der Waals surface area (Å²) in [6.07, 6.45) is 5.65. The predicted molar refractivity (Wildman–Crippen MR) is 60.9 cm³/mol. The van der Waals surface area contributed by atoms with E-state index in [-0.39, 0.29) is 0 Å². The minimum absolute atomic E-state index is 0.524. The number of nitrogens with one attached hydrogen (secondary N) is 1. The largest absolute Gasteiger partial charge is 0.309 e. The van der Waals surface area contributed by atoms with Crippen LogP contribution in [0.5, 0.6) is 0 Å². The molecule has 1 nitrogen and oxygen atoms in total. The summed E-state index contributed by atoms with van der Waals surface area (Å²) < 4.78 is 0. The molecule has 1 unspecified atom stereocenters. The van der Waals surface area contributed by atoms with Gasteiger partial charge in [-0.15, -0.1) is 11.3 Å². The SMILES string of the molecule is CC1NCC2(CCCC2)c2sccc21. The van der Waals surface area contributed by atoms with Crippen molar-refractivity contribution in [3.63, 3.8) is 0 Å². The van der Waals surface area contributed by atoms with Gasteiger partial charge in [-0.25, -0.2) is 0 Å². The van der Waals surface area contributed by atoms with E-state index < -0.39 is 0 Å². The van der Waals surface area contributed by atoms with E-state index in [9.17, 15) is 0 Å². The Bertz CT molecular complexity index is 336. The summed E-state index contributed by atoms with van der Waals surface area (Å²) >= 11 is 1.99. The lowest BCUT2D eigenvalue weighted by Crippen LogP contribution is -2.41. The van der Waals surface area contributed by atoms with Crippen LogP contribution in [0.1, 0.15) is 49.1 Å². The van der Waals surface area contributed by atoms with Crippen LogP contribution in [0.4, 0.5) is 0 Å². The van der Waals surface area contributed by atoms with Gasteiger partial charge in [0.25, 0.3) is 0 Å². The highest BCUT2D eigenvalue weighted by Gasteiger charge is 2.41. The van der Waals surface area contributed by atoms with E-state index in [4.69, 9.17) is 0 Å². The number of hydrogen-bond donors (Lipinski definition) is 1. The van der Waals surface area contributed by atoms with E-state index in [1.165, 1.54) is 32.2 Å². The van der Waals surface area contributed by atoms with Crippen LogP contribution in [0, 0.1) is 0 Å². The summed E-state index contributed by atoms with van der Waals surface area (Å²) in [5.41, 5.74) is 2.10. The number of rotatable bonds is 0. The van der Waals surface area contributed by atoms with Gasteiger partial charge in [-0.2, -0.15) is 0 Å². The normalized spacial score (nSPS) is 29.4. The van der Waals surface area contributed by atoms with Crippen LogP contribution >= 0.6 is 11.3 Å². The lowest BCUT2D eigenvalue weighted by atomic mass is 9.78. The molecule has 3 rings (SSSR count). The van der Waals surface area contributed by atoms with Crippen molar-refractivity contribution in [2.75, 3.05) is 6.54 Å². The molecule has 1 aromatic heterocycles. The third-order valence-corrected chi connectivity index (χ3v) is 5.13.